The van der Waals surface area contributed by atoms with E-state index in [1.807, 2.05) is 0 Å². The summed E-state index contributed by atoms with van der Waals surface area (Å²) in [7, 11) is 0. The Hall–Kier alpha value is -1.86. The zero-order chi connectivity index (χ0) is 15.7. The molecule has 1 aromatic carbocycles. The second-order valence-corrected chi connectivity index (χ2v) is 5.19. The van der Waals surface area contributed by atoms with Gasteiger partial charge in [-0.2, -0.15) is 18.3 Å². The van der Waals surface area contributed by atoms with E-state index in [-0.39, 0.29) is 18.7 Å². The molecular formula is C15H16F3N3O. The van der Waals surface area contributed by atoms with Crippen LogP contribution in [0.25, 0.3) is 11.3 Å². The molecule has 0 unspecified atom stereocenters. The van der Waals surface area contributed by atoms with Crippen LogP contribution >= 0.6 is 0 Å². The van der Waals surface area contributed by atoms with Gasteiger partial charge in [-0.25, -0.2) is 0 Å². The summed E-state index contributed by atoms with van der Waals surface area (Å²) in [5.41, 5.74) is 1.45. The van der Waals surface area contributed by atoms with Crippen molar-refractivity contribution in [3.05, 3.63) is 41.1 Å². The number of nitrogens with zero attached hydrogens (tertiary/aromatic N) is 2. The van der Waals surface area contributed by atoms with Crippen molar-refractivity contribution in [2.24, 2.45) is 0 Å². The largest absolute Gasteiger partial charge is 0.417 e. The Morgan fingerprint density at radius 1 is 1.27 bits per heavy atom. The van der Waals surface area contributed by atoms with Crippen LogP contribution in [0, 0.1) is 0 Å². The fourth-order valence-corrected chi connectivity index (χ4v) is 2.85. The minimum absolute atomic E-state index is 0.0895. The minimum Gasteiger partial charge on any atom is -0.394 e. The topological polar surface area (TPSA) is 50.1 Å². The van der Waals surface area contributed by atoms with Crippen molar-refractivity contribution in [1.29, 1.82) is 0 Å². The summed E-state index contributed by atoms with van der Waals surface area (Å²) in [5, 5.41) is 16.6. The highest BCUT2D eigenvalue weighted by atomic mass is 19.4. The number of hydrogen-bond donors (Lipinski definition) is 2. The number of fused-ring (bicyclic) bond motifs is 1. The molecule has 22 heavy (non-hydrogen) atoms. The fraction of sp³-hybridized carbons (Fsp3) is 0.400. The van der Waals surface area contributed by atoms with Crippen molar-refractivity contribution in [2.75, 3.05) is 13.2 Å². The Morgan fingerprint density at radius 3 is 2.77 bits per heavy atom. The van der Waals surface area contributed by atoms with Gasteiger partial charge in [0.2, 0.25) is 0 Å². The van der Waals surface area contributed by atoms with E-state index in [4.69, 9.17) is 5.11 Å². The second kappa shape index (κ2) is 5.73. The summed E-state index contributed by atoms with van der Waals surface area (Å²) >= 11 is 0. The molecule has 0 saturated carbocycles. The van der Waals surface area contributed by atoms with Gasteiger partial charge in [-0.15, -0.1) is 0 Å². The van der Waals surface area contributed by atoms with Crippen LogP contribution in [0.1, 0.15) is 16.8 Å². The van der Waals surface area contributed by atoms with Crippen LogP contribution in [0.2, 0.25) is 0 Å². The van der Waals surface area contributed by atoms with E-state index in [1.165, 1.54) is 12.1 Å². The zero-order valence-corrected chi connectivity index (χ0v) is 11.8. The van der Waals surface area contributed by atoms with Gasteiger partial charge in [-0.05, 0) is 6.07 Å². The highest BCUT2D eigenvalue weighted by Crippen LogP contribution is 2.38. The van der Waals surface area contributed by atoms with Crippen molar-refractivity contribution >= 4 is 0 Å². The average molecular weight is 311 g/mol. The lowest BCUT2D eigenvalue weighted by atomic mass is 9.98. The van der Waals surface area contributed by atoms with E-state index < -0.39 is 11.7 Å². The van der Waals surface area contributed by atoms with Gasteiger partial charge in [-0.3, -0.25) is 4.68 Å². The molecule has 7 heteroatoms. The maximum absolute atomic E-state index is 13.2. The summed E-state index contributed by atoms with van der Waals surface area (Å²) < 4.78 is 41.3. The Bertz CT molecular complexity index is 679. The van der Waals surface area contributed by atoms with E-state index in [1.54, 1.807) is 10.7 Å². The first kappa shape index (κ1) is 15.1. The monoisotopic (exact) mass is 311 g/mol. The summed E-state index contributed by atoms with van der Waals surface area (Å²) in [6.07, 6.45) is -3.73. The lowest BCUT2D eigenvalue weighted by Crippen LogP contribution is -2.25. The van der Waals surface area contributed by atoms with Gasteiger partial charge in [0.15, 0.2) is 0 Å². The van der Waals surface area contributed by atoms with E-state index >= 15 is 0 Å². The van der Waals surface area contributed by atoms with Crippen molar-refractivity contribution in [3.8, 4) is 11.3 Å². The number of aliphatic hydroxyl groups is 1. The lowest BCUT2D eigenvalue weighted by molar-refractivity contribution is -0.137. The first-order valence-electron chi connectivity index (χ1n) is 7.09. The molecular weight excluding hydrogens is 295 g/mol. The van der Waals surface area contributed by atoms with E-state index in [0.717, 1.165) is 23.9 Å². The summed E-state index contributed by atoms with van der Waals surface area (Å²) in [5.74, 6) is 0. The average Bonchev–Trinajstić information content (AvgIpc) is 2.86. The van der Waals surface area contributed by atoms with Crippen molar-refractivity contribution < 1.29 is 18.3 Å². The van der Waals surface area contributed by atoms with Gasteiger partial charge < -0.3 is 10.4 Å². The standard InChI is InChI=1S/C15H16F3N3O/c16-15(17,18)12-4-2-1-3-10(12)14-11-9-19-6-5-13(11)21(20-14)7-8-22/h1-4,19,22H,5-9H2. The number of benzene rings is 1. The normalized spacial score (nSPS) is 14.9. The van der Waals surface area contributed by atoms with Crippen LogP contribution in [-0.4, -0.2) is 28.0 Å². The molecule has 3 rings (SSSR count). The predicted octanol–water partition coefficient (Wildman–Crippen LogP) is 2.21. The first-order chi connectivity index (χ1) is 10.5. The van der Waals surface area contributed by atoms with Crippen LogP contribution in [0.4, 0.5) is 13.2 Å². The molecule has 0 aliphatic carbocycles. The number of rotatable bonds is 3. The SMILES string of the molecule is OCCn1nc(-c2ccccc2C(F)(F)F)c2c1CCNC2. The number of aromatic nitrogens is 2. The first-order valence-corrected chi connectivity index (χ1v) is 7.09. The summed E-state index contributed by atoms with van der Waals surface area (Å²) in [4.78, 5) is 0. The van der Waals surface area contributed by atoms with Gasteiger partial charge in [0, 0.05) is 36.3 Å². The van der Waals surface area contributed by atoms with Crippen LogP contribution in [-0.2, 0) is 25.7 Å². The number of nitrogens with one attached hydrogen (secondary N) is 1. The van der Waals surface area contributed by atoms with Gasteiger partial charge in [-0.1, -0.05) is 18.2 Å². The maximum atomic E-state index is 13.2. The molecule has 1 aliphatic heterocycles. The smallest absolute Gasteiger partial charge is 0.394 e. The Morgan fingerprint density at radius 2 is 2.05 bits per heavy atom. The molecule has 4 nitrogen and oxygen atoms in total. The van der Waals surface area contributed by atoms with Crippen molar-refractivity contribution in [2.45, 2.75) is 25.7 Å². The molecule has 0 amide bonds. The van der Waals surface area contributed by atoms with E-state index in [9.17, 15) is 13.2 Å². The minimum atomic E-state index is -4.42. The lowest BCUT2D eigenvalue weighted by Gasteiger charge is -2.16. The Labute approximate surface area is 125 Å². The van der Waals surface area contributed by atoms with Crippen LogP contribution in [0.5, 0.6) is 0 Å². The molecule has 0 bridgehead atoms. The molecule has 1 aromatic heterocycles. The van der Waals surface area contributed by atoms with E-state index in [0.29, 0.717) is 18.7 Å². The molecule has 0 fully saturated rings. The molecule has 1 aliphatic rings. The Balaban J connectivity index is 2.17. The van der Waals surface area contributed by atoms with E-state index in [2.05, 4.69) is 10.4 Å². The van der Waals surface area contributed by atoms with Crippen LogP contribution < -0.4 is 5.32 Å². The third kappa shape index (κ3) is 2.62. The number of halogens is 3. The third-order valence-corrected chi connectivity index (χ3v) is 3.81. The predicted molar refractivity (Wildman–Crippen MR) is 75.2 cm³/mol. The van der Waals surface area contributed by atoms with Crippen molar-refractivity contribution in [3.63, 3.8) is 0 Å². The number of alkyl halides is 3. The molecule has 118 valence electrons. The molecule has 0 radical (unpaired) electrons. The highest BCUT2D eigenvalue weighted by Gasteiger charge is 2.35. The third-order valence-electron chi connectivity index (χ3n) is 3.81. The fourth-order valence-electron chi connectivity index (χ4n) is 2.85. The molecule has 0 saturated heterocycles. The van der Waals surface area contributed by atoms with Crippen LogP contribution in [0.3, 0.4) is 0 Å². The quantitative estimate of drug-likeness (QED) is 0.914. The Kier molecular flexibility index (Phi) is 3.92. The molecule has 2 heterocycles. The molecule has 2 aromatic rings. The molecule has 0 spiro atoms. The van der Waals surface area contributed by atoms with Gasteiger partial charge in [0.05, 0.1) is 24.4 Å². The highest BCUT2D eigenvalue weighted by molar-refractivity contribution is 5.69. The summed E-state index contributed by atoms with van der Waals surface area (Å²) in [6, 6.07) is 5.48. The van der Waals surface area contributed by atoms with Crippen LogP contribution in [0.15, 0.2) is 24.3 Å². The number of hydrogen-bond acceptors (Lipinski definition) is 3. The molecule has 0 atom stereocenters. The van der Waals surface area contributed by atoms with Gasteiger partial charge >= 0.3 is 6.18 Å². The van der Waals surface area contributed by atoms with Gasteiger partial charge in [0.1, 0.15) is 0 Å². The zero-order valence-electron chi connectivity index (χ0n) is 11.8. The second-order valence-electron chi connectivity index (χ2n) is 5.19. The van der Waals surface area contributed by atoms with Crippen molar-refractivity contribution in [1.82, 2.24) is 15.1 Å². The molecule has 2 N–H and O–H groups in total. The summed E-state index contributed by atoms with van der Waals surface area (Å²) in [6.45, 7) is 1.44. The maximum Gasteiger partial charge on any atom is 0.417 e. The number of aliphatic hydroxyl groups excluding tert-OH is 1. The van der Waals surface area contributed by atoms with Gasteiger partial charge in [0.25, 0.3) is 0 Å².